The van der Waals surface area contributed by atoms with E-state index >= 15 is 0 Å². The number of halogens is 2. The number of nitrogens with zero attached hydrogens (tertiary/aromatic N) is 1. The molecule has 2 N–H and O–H groups in total. The van der Waals surface area contributed by atoms with E-state index in [4.69, 9.17) is 30.5 Å². The Morgan fingerprint density at radius 1 is 0.917 bits per heavy atom. The molecule has 0 saturated carbocycles. The molecule has 3 aromatic rings. The fourth-order valence-corrected chi connectivity index (χ4v) is 3.21. The van der Waals surface area contributed by atoms with Gasteiger partial charge < -0.3 is 24.3 Å². The maximum atomic E-state index is 13.2. The predicted molar refractivity (Wildman–Crippen MR) is 133 cm³/mol. The highest BCUT2D eigenvalue weighted by Gasteiger charge is 2.16. The summed E-state index contributed by atoms with van der Waals surface area (Å²) in [5, 5.41) is 6.51. The monoisotopic (exact) mass is 515 g/mol. The first kappa shape index (κ1) is 26.3. The van der Waals surface area contributed by atoms with E-state index in [0.29, 0.717) is 34.1 Å². The van der Waals surface area contributed by atoms with E-state index in [1.807, 2.05) is 0 Å². The molecule has 0 spiro atoms. The Bertz CT molecular complexity index is 1280. The largest absolute Gasteiger partial charge is 0.497 e. The van der Waals surface area contributed by atoms with Crippen LogP contribution < -0.4 is 29.7 Å². The molecule has 0 aliphatic carbocycles. The zero-order valence-corrected chi connectivity index (χ0v) is 20.4. The van der Waals surface area contributed by atoms with Gasteiger partial charge in [-0.25, -0.2) is 9.82 Å². The van der Waals surface area contributed by atoms with E-state index in [2.05, 4.69) is 15.8 Å². The topological polar surface area (TPSA) is 107 Å². The molecule has 9 nitrogen and oxygen atoms in total. The Morgan fingerprint density at radius 2 is 1.67 bits per heavy atom. The molecule has 0 bridgehead atoms. The minimum Gasteiger partial charge on any atom is -0.497 e. The summed E-state index contributed by atoms with van der Waals surface area (Å²) in [6, 6.07) is 13.7. The second-order valence-electron chi connectivity index (χ2n) is 7.15. The van der Waals surface area contributed by atoms with Crippen LogP contribution >= 0.6 is 11.6 Å². The van der Waals surface area contributed by atoms with Crippen molar-refractivity contribution in [3.63, 3.8) is 0 Å². The summed E-state index contributed by atoms with van der Waals surface area (Å²) < 4.78 is 34.6. The van der Waals surface area contributed by atoms with Gasteiger partial charge in [-0.05, 0) is 48.0 Å². The quantitative estimate of drug-likeness (QED) is 0.251. The van der Waals surface area contributed by atoms with Crippen LogP contribution in [-0.4, -0.2) is 39.4 Å². The summed E-state index contributed by atoms with van der Waals surface area (Å²) >= 11 is 6.03. The van der Waals surface area contributed by atoms with Crippen molar-refractivity contribution < 1.29 is 32.9 Å². The van der Waals surface area contributed by atoms with Crippen molar-refractivity contribution >= 4 is 35.3 Å². The first-order valence-corrected chi connectivity index (χ1v) is 10.8. The summed E-state index contributed by atoms with van der Waals surface area (Å²) in [7, 11) is 4.38. The number of hydrazone groups is 1. The minimum atomic E-state index is -0.987. The summed E-state index contributed by atoms with van der Waals surface area (Å²) in [6.45, 7) is 0.103. The van der Waals surface area contributed by atoms with Gasteiger partial charge in [-0.1, -0.05) is 17.7 Å². The molecule has 0 fully saturated rings. The Morgan fingerprint density at radius 3 is 2.36 bits per heavy atom. The van der Waals surface area contributed by atoms with Gasteiger partial charge >= 0.3 is 11.8 Å². The van der Waals surface area contributed by atoms with Crippen LogP contribution in [0.3, 0.4) is 0 Å². The Labute approximate surface area is 211 Å². The van der Waals surface area contributed by atoms with Gasteiger partial charge in [-0.2, -0.15) is 5.10 Å². The molecule has 36 heavy (non-hydrogen) atoms. The number of methoxy groups -OCH3 is 3. The van der Waals surface area contributed by atoms with Crippen LogP contribution in [0.5, 0.6) is 23.0 Å². The Kier molecular flexibility index (Phi) is 9.07. The predicted octanol–water partition coefficient (Wildman–Crippen LogP) is 4.17. The van der Waals surface area contributed by atoms with E-state index in [1.165, 1.54) is 51.8 Å². The van der Waals surface area contributed by atoms with Gasteiger partial charge in [0.2, 0.25) is 0 Å². The summed E-state index contributed by atoms with van der Waals surface area (Å²) in [5.41, 5.74) is 3.60. The van der Waals surface area contributed by atoms with Gasteiger partial charge in [0, 0.05) is 11.6 Å². The number of anilines is 1. The lowest BCUT2D eigenvalue weighted by molar-refractivity contribution is -0.136. The third-order valence-electron chi connectivity index (χ3n) is 4.83. The maximum absolute atomic E-state index is 13.2. The molecule has 0 radical (unpaired) electrons. The van der Waals surface area contributed by atoms with Crippen LogP contribution in [0.4, 0.5) is 10.1 Å². The first-order chi connectivity index (χ1) is 17.3. The lowest BCUT2D eigenvalue weighted by atomic mass is 10.2. The van der Waals surface area contributed by atoms with E-state index in [-0.39, 0.29) is 17.3 Å². The molecular weight excluding hydrogens is 493 g/mol. The van der Waals surface area contributed by atoms with Crippen LogP contribution in [0.25, 0.3) is 0 Å². The van der Waals surface area contributed by atoms with E-state index in [0.717, 1.165) is 0 Å². The second kappa shape index (κ2) is 12.4. The van der Waals surface area contributed by atoms with Crippen LogP contribution in [0.2, 0.25) is 5.02 Å². The van der Waals surface area contributed by atoms with E-state index in [9.17, 15) is 14.0 Å². The number of ether oxygens (including phenoxy) is 4. The van der Waals surface area contributed by atoms with Crippen molar-refractivity contribution in [2.45, 2.75) is 6.61 Å². The molecule has 0 atom stereocenters. The third kappa shape index (κ3) is 6.86. The fraction of sp³-hybridized carbons (Fsp3) is 0.160. The average molecular weight is 516 g/mol. The molecule has 3 aromatic carbocycles. The van der Waals surface area contributed by atoms with Crippen molar-refractivity contribution in [1.29, 1.82) is 0 Å². The number of carbonyl (C=O) groups is 2. The lowest BCUT2D eigenvalue weighted by Crippen LogP contribution is -2.32. The Balaban J connectivity index is 1.60. The van der Waals surface area contributed by atoms with E-state index in [1.54, 1.807) is 30.3 Å². The molecule has 11 heteroatoms. The molecule has 188 valence electrons. The molecule has 0 aliphatic heterocycles. The fourth-order valence-electron chi connectivity index (χ4n) is 2.99. The second-order valence-corrected chi connectivity index (χ2v) is 7.56. The smallest absolute Gasteiger partial charge is 0.329 e. The summed E-state index contributed by atoms with van der Waals surface area (Å²) in [5.74, 6) is -0.714. The van der Waals surface area contributed by atoms with Gasteiger partial charge in [0.1, 0.15) is 23.9 Å². The maximum Gasteiger partial charge on any atom is 0.329 e. The highest BCUT2D eigenvalue weighted by Crippen LogP contribution is 2.30. The molecular formula is C25H23ClFN3O6. The highest BCUT2D eigenvalue weighted by molar-refractivity contribution is 6.39. The Hall–Kier alpha value is -4.31. The highest BCUT2D eigenvalue weighted by atomic mass is 35.5. The molecule has 0 aliphatic rings. The number of hydrogen-bond donors (Lipinski definition) is 2. The van der Waals surface area contributed by atoms with Crippen LogP contribution in [0, 0.1) is 5.82 Å². The first-order valence-electron chi connectivity index (χ1n) is 10.5. The molecule has 2 amide bonds. The normalized spacial score (nSPS) is 10.6. The third-order valence-corrected chi connectivity index (χ3v) is 5.18. The zero-order valence-electron chi connectivity index (χ0n) is 19.6. The summed E-state index contributed by atoms with van der Waals surface area (Å²) in [6.07, 6.45) is 1.33. The standard InChI is InChI=1S/C25H23ClFN3O6/c1-33-18-7-9-21(34-2)20(12-18)29-24(31)25(32)30-28-13-15-4-8-22(23(10-15)35-3)36-14-16-5-6-17(27)11-19(16)26/h4-13H,14H2,1-3H3,(H,29,31)(H,30,32)/b28-13+. The lowest BCUT2D eigenvalue weighted by Gasteiger charge is -2.12. The van der Waals surface area contributed by atoms with Gasteiger partial charge in [0.15, 0.2) is 11.5 Å². The van der Waals surface area contributed by atoms with Crippen molar-refractivity contribution in [2.75, 3.05) is 26.6 Å². The van der Waals surface area contributed by atoms with E-state index < -0.39 is 17.6 Å². The number of rotatable bonds is 9. The summed E-state index contributed by atoms with van der Waals surface area (Å²) in [4.78, 5) is 24.4. The van der Waals surface area contributed by atoms with Crippen molar-refractivity contribution in [1.82, 2.24) is 5.43 Å². The number of amides is 2. The van der Waals surface area contributed by atoms with Gasteiger partial charge in [0.05, 0.1) is 38.3 Å². The molecule has 3 rings (SSSR count). The molecule has 0 aromatic heterocycles. The minimum absolute atomic E-state index is 0.103. The number of benzene rings is 3. The van der Waals surface area contributed by atoms with Gasteiger partial charge in [-0.15, -0.1) is 0 Å². The van der Waals surface area contributed by atoms with Crippen LogP contribution in [0.15, 0.2) is 59.7 Å². The molecule has 0 unspecified atom stereocenters. The van der Waals surface area contributed by atoms with Crippen LogP contribution in [-0.2, 0) is 16.2 Å². The SMILES string of the molecule is COc1ccc(OC)c(NC(=O)C(=O)N/N=C/c2ccc(OCc3ccc(F)cc3Cl)c(OC)c2)c1. The average Bonchev–Trinajstić information content (AvgIpc) is 2.88. The number of carbonyl (C=O) groups excluding carboxylic acids is 2. The molecule has 0 heterocycles. The molecule has 0 saturated heterocycles. The van der Waals surface area contributed by atoms with Gasteiger partial charge in [-0.3, -0.25) is 9.59 Å². The zero-order chi connectivity index (χ0) is 26.1. The van der Waals surface area contributed by atoms with Crippen molar-refractivity contribution in [2.24, 2.45) is 5.10 Å². The van der Waals surface area contributed by atoms with Crippen molar-refractivity contribution in [3.05, 3.63) is 76.6 Å². The number of hydrogen-bond acceptors (Lipinski definition) is 7. The van der Waals surface area contributed by atoms with Crippen molar-refractivity contribution in [3.8, 4) is 23.0 Å². The van der Waals surface area contributed by atoms with Gasteiger partial charge in [0.25, 0.3) is 0 Å². The number of nitrogens with one attached hydrogen (secondary N) is 2. The van der Waals surface area contributed by atoms with Crippen LogP contribution in [0.1, 0.15) is 11.1 Å².